The molecular weight excluding hydrogens is 172 g/mol. The highest BCUT2D eigenvalue weighted by molar-refractivity contribution is 5.15. The average molecular weight is 194 g/mol. The Morgan fingerprint density at radius 1 is 1.21 bits per heavy atom. The van der Waals surface area contributed by atoms with Crippen LogP contribution >= 0.6 is 0 Å². The Labute approximate surface area is 87.3 Å². The van der Waals surface area contributed by atoms with E-state index in [1.165, 1.54) is 24.2 Å². The fraction of sp³-hybridized carbons (Fsp3) is 0.667. The summed E-state index contributed by atoms with van der Waals surface area (Å²) in [6.45, 7) is 9.86. The number of hydrogen-bond acceptors (Lipinski definition) is 1. The zero-order chi connectivity index (χ0) is 10.6. The van der Waals surface area contributed by atoms with E-state index >= 15 is 0 Å². The predicted molar refractivity (Wildman–Crippen MR) is 62.2 cm³/mol. The first kappa shape index (κ1) is 11.2. The number of aryl methyl sites for hydroxylation is 2. The van der Waals surface area contributed by atoms with Crippen molar-refractivity contribution in [3.8, 4) is 0 Å². The molecule has 0 aliphatic rings. The number of nitrogens with one attached hydrogen (secondary N) is 1. The van der Waals surface area contributed by atoms with E-state index in [4.69, 9.17) is 0 Å². The summed E-state index contributed by atoms with van der Waals surface area (Å²) in [6, 6.07) is 4.29. The molecule has 0 fully saturated rings. The molecule has 1 aromatic heterocycles. The Morgan fingerprint density at radius 2 is 1.79 bits per heavy atom. The first-order chi connectivity index (χ1) is 6.61. The van der Waals surface area contributed by atoms with Gasteiger partial charge in [-0.3, -0.25) is 4.68 Å². The second-order valence-corrected chi connectivity index (χ2v) is 4.40. The van der Waals surface area contributed by atoms with Crippen molar-refractivity contribution < 1.29 is 0 Å². The third-order valence-electron chi connectivity index (χ3n) is 2.50. The SMILES string of the molecule is Cc1ccc(C)n1NCCCC(C)C. The van der Waals surface area contributed by atoms with E-state index < -0.39 is 0 Å². The van der Waals surface area contributed by atoms with Crippen molar-refractivity contribution in [2.45, 2.75) is 40.5 Å². The van der Waals surface area contributed by atoms with Gasteiger partial charge in [0.25, 0.3) is 0 Å². The van der Waals surface area contributed by atoms with Crippen molar-refractivity contribution in [3.63, 3.8) is 0 Å². The average Bonchev–Trinajstić information content (AvgIpc) is 2.42. The van der Waals surface area contributed by atoms with Crippen LogP contribution in [0.3, 0.4) is 0 Å². The Balaban J connectivity index is 2.31. The Bertz CT molecular complexity index is 254. The molecule has 0 amide bonds. The minimum atomic E-state index is 0.809. The molecule has 1 rings (SSSR count). The van der Waals surface area contributed by atoms with Gasteiger partial charge in [0, 0.05) is 17.9 Å². The topological polar surface area (TPSA) is 17.0 Å². The van der Waals surface area contributed by atoms with Crippen LogP contribution < -0.4 is 5.43 Å². The first-order valence-electron chi connectivity index (χ1n) is 5.50. The summed E-state index contributed by atoms with van der Waals surface area (Å²) in [6.07, 6.45) is 2.54. The van der Waals surface area contributed by atoms with Crippen molar-refractivity contribution in [1.82, 2.24) is 4.68 Å². The van der Waals surface area contributed by atoms with Crippen molar-refractivity contribution in [1.29, 1.82) is 0 Å². The van der Waals surface area contributed by atoms with Gasteiger partial charge in [-0.2, -0.15) is 0 Å². The van der Waals surface area contributed by atoms with Gasteiger partial charge >= 0.3 is 0 Å². The molecule has 0 radical (unpaired) electrons. The minimum absolute atomic E-state index is 0.809. The van der Waals surface area contributed by atoms with E-state index in [0.717, 1.165) is 12.5 Å². The van der Waals surface area contributed by atoms with Crippen LogP contribution in [0.4, 0.5) is 0 Å². The van der Waals surface area contributed by atoms with Crippen molar-refractivity contribution in [3.05, 3.63) is 23.5 Å². The number of hydrogen-bond donors (Lipinski definition) is 1. The van der Waals surface area contributed by atoms with Crippen molar-refractivity contribution >= 4 is 0 Å². The van der Waals surface area contributed by atoms with E-state index in [0.29, 0.717) is 0 Å². The zero-order valence-electron chi connectivity index (χ0n) is 9.80. The number of aromatic nitrogens is 1. The van der Waals surface area contributed by atoms with E-state index in [2.05, 4.69) is 49.9 Å². The van der Waals surface area contributed by atoms with Crippen molar-refractivity contribution in [2.75, 3.05) is 12.0 Å². The van der Waals surface area contributed by atoms with E-state index in [1.807, 2.05) is 0 Å². The van der Waals surface area contributed by atoms with Crippen LogP contribution in [0, 0.1) is 19.8 Å². The van der Waals surface area contributed by atoms with Gasteiger partial charge in [-0.15, -0.1) is 0 Å². The molecule has 14 heavy (non-hydrogen) atoms. The summed E-state index contributed by atoms with van der Waals surface area (Å²) in [5.41, 5.74) is 6.00. The molecule has 0 atom stereocenters. The van der Waals surface area contributed by atoms with Gasteiger partial charge < -0.3 is 5.43 Å². The highest BCUT2D eigenvalue weighted by Gasteiger charge is 1.99. The molecule has 0 saturated heterocycles. The molecule has 1 heterocycles. The molecular formula is C12H22N2. The maximum Gasteiger partial charge on any atom is 0.0366 e. The summed E-state index contributed by atoms with van der Waals surface area (Å²) in [5, 5.41) is 0. The Hall–Kier alpha value is -0.920. The highest BCUT2D eigenvalue weighted by Crippen LogP contribution is 2.06. The summed E-state index contributed by atoms with van der Waals surface area (Å²) in [5.74, 6) is 0.809. The molecule has 0 aliphatic heterocycles. The maximum atomic E-state index is 3.43. The van der Waals surface area contributed by atoms with Gasteiger partial charge in [-0.25, -0.2) is 0 Å². The van der Waals surface area contributed by atoms with Gasteiger partial charge in [0.15, 0.2) is 0 Å². The van der Waals surface area contributed by atoms with Gasteiger partial charge in [0.1, 0.15) is 0 Å². The lowest BCUT2D eigenvalue weighted by Crippen LogP contribution is -2.18. The summed E-state index contributed by atoms with van der Waals surface area (Å²) in [7, 11) is 0. The fourth-order valence-corrected chi connectivity index (χ4v) is 1.62. The lowest BCUT2D eigenvalue weighted by atomic mass is 10.1. The van der Waals surface area contributed by atoms with Gasteiger partial charge in [0.2, 0.25) is 0 Å². The fourth-order valence-electron chi connectivity index (χ4n) is 1.62. The van der Waals surface area contributed by atoms with Crippen LogP contribution in [0.25, 0.3) is 0 Å². The molecule has 0 aliphatic carbocycles. The van der Waals surface area contributed by atoms with Gasteiger partial charge in [-0.1, -0.05) is 13.8 Å². The molecule has 0 bridgehead atoms. The Morgan fingerprint density at radius 3 is 2.29 bits per heavy atom. The second-order valence-electron chi connectivity index (χ2n) is 4.40. The van der Waals surface area contributed by atoms with Crippen molar-refractivity contribution in [2.24, 2.45) is 5.92 Å². The minimum Gasteiger partial charge on any atom is -0.326 e. The van der Waals surface area contributed by atoms with E-state index in [1.54, 1.807) is 0 Å². The lowest BCUT2D eigenvalue weighted by molar-refractivity contribution is 0.556. The monoisotopic (exact) mass is 194 g/mol. The van der Waals surface area contributed by atoms with Gasteiger partial charge in [-0.05, 0) is 44.7 Å². The molecule has 0 saturated carbocycles. The number of nitrogens with zero attached hydrogens (tertiary/aromatic N) is 1. The molecule has 80 valence electrons. The molecule has 0 spiro atoms. The predicted octanol–water partition coefficient (Wildman–Crippen LogP) is 3.08. The van der Waals surface area contributed by atoms with Crippen LogP contribution in [0.2, 0.25) is 0 Å². The maximum absolute atomic E-state index is 3.43. The van der Waals surface area contributed by atoms with Gasteiger partial charge in [0.05, 0.1) is 0 Å². The second kappa shape index (κ2) is 5.08. The quantitative estimate of drug-likeness (QED) is 0.713. The van der Waals surface area contributed by atoms with E-state index in [9.17, 15) is 0 Å². The largest absolute Gasteiger partial charge is 0.326 e. The van der Waals surface area contributed by atoms with Crippen LogP contribution in [0.5, 0.6) is 0 Å². The van der Waals surface area contributed by atoms with Crippen LogP contribution in [0.15, 0.2) is 12.1 Å². The molecule has 1 aromatic rings. The highest BCUT2D eigenvalue weighted by atomic mass is 15.4. The smallest absolute Gasteiger partial charge is 0.0366 e. The molecule has 2 nitrogen and oxygen atoms in total. The van der Waals surface area contributed by atoms with Crippen LogP contribution in [-0.2, 0) is 0 Å². The molecule has 2 heteroatoms. The lowest BCUT2D eigenvalue weighted by Gasteiger charge is -2.13. The van der Waals surface area contributed by atoms with Crippen LogP contribution in [-0.4, -0.2) is 11.2 Å². The van der Waals surface area contributed by atoms with Crippen LogP contribution in [0.1, 0.15) is 38.1 Å². The molecule has 0 aromatic carbocycles. The standard InChI is InChI=1S/C12H22N2/c1-10(2)6-5-9-13-14-11(3)7-8-12(14)4/h7-8,10,13H,5-6,9H2,1-4H3. The third kappa shape index (κ3) is 3.09. The Kier molecular flexibility index (Phi) is 4.05. The number of rotatable bonds is 5. The van der Waals surface area contributed by atoms with E-state index in [-0.39, 0.29) is 0 Å². The molecule has 1 N–H and O–H groups in total. The summed E-state index contributed by atoms with van der Waals surface area (Å²) >= 11 is 0. The zero-order valence-corrected chi connectivity index (χ0v) is 9.80. The summed E-state index contributed by atoms with van der Waals surface area (Å²) in [4.78, 5) is 0. The normalized spacial score (nSPS) is 10.9. The molecule has 0 unspecified atom stereocenters. The first-order valence-corrected chi connectivity index (χ1v) is 5.50. The summed E-state index contributed by atoms with van der Waals surface area (Å²) < 4.78 is 2.17. The third-order valence-corrected chi connectivity index (χ3v) is 2.50.